The topological polar surface area (TPSA) is 26.3 Å². The van der Waals surface area contributed by atoms with Crippen LogP contribution in [-0.2, 0) is 9.53 Å². The molecule has 0 saturated heterocycles. The summed E-state index contributed by atoms with van der Waals surface area (Å²) in [6, 6.07) is 0. The molecule has 0 aromatic carbocycles. The molecular weight excluding hydrogens is 224 g/mol. The van der Waals surface area contributed by atoms with E-state index in [0.29, 0.717) is 6.61 Å². The highest BCUT2D eigenvalue weighted by Crippen LogP contribution is 1.99. The van der Waals surface area contributed by atoms with Crippen LogP contribution in [0.2, 0.25) is 0 Å². The highest BCUT2D eigenvalue weighted by molar-refractivity contribution is 5.82. The van der Waals surface area contributed by atoms with Crippen molar-refractivity contribution < 1.29 is 9.53 Å². The number of carbonyl (C=O) groups is 1. The second-order valence-electron chi connectivity index (χ2n) is 4.12. The summed E-state index contributed by atoms with van der Waals surface area (Å²) in [5.74, 6) is -0.266. The smallest absolute Gasteiger partial charge is 0.330 e. The number of unbranched alkanes of at least 4 members (excludes halogenated alkanes) is 3. The monoisotopic (exact) mass is 250 g/mol. The molecule has 102 valence electrons. The normalized spacial score (nSPS) is 11.9. The fourth-order valence-electron chi connectivity index (χ4n) is 1.38. The largest absolute Gasteiger partial charge is 0.462 e. The van der Waals surface area contributed by atoms with E-state index in [2.05, 4.69) is 26.0 Å². The zero-order valence-electron chi connectivity index (χ0n) is 11.7. The van der Waals surface area contributed by atoms with Gasteiger partial charge in [-0.1, -0.05) is 57.1 Å². The van der Waals surface area contributed by atoms with Crippen LogP contribution in [0, 0.1) is 0 Å². The molecule has 0 N–H and O–H groups in total. The van der Waals surface area contributed by atoms with Gasteiger partial charge in [-0.05, 0) is 25.7 Å². The van der Waals surface area contributed by atoms with Crippen LogP contribution in [0.15, 0.2) is 36.5 Å². The maximum atomic E-state index is 11.2. The molecule has 0 aliphatic heterocycles. The number of allylic oxidation sites excluding steroid dienone is 4. The third kappa shape index (κ3) is 12.8. The number of rotatable bonds is 10. The van der Waals surface area contributed by atoms with Crippen molar-refractivity contribution in [2.24, 2.45) is 0 Å². The Morgan fingerprint density at radius 3 is 2.56 bits per heavy atom. The molecule has 0 unspecified atom stereocenters. The minimum atomic E-state index is -0.266. The van der Waals surface area contributed by atoms with Gasteiger partial charge in [0.1, 0.15) is 0 Å². The van der Waals surface area contributed by atoms with Crippen LogP contribution in [0.3, 0.4) is 0 Å². The molecule has 0 aliphatic carbocycles. The average Bonchev–Trinajstić information content (AvgIpc) is 2.37. The molecule has 2 heteroatoms. The minimum absolute atomic E-state index is 0.266. The van der Waals surface area contributed by atoms with Gasteiger partial charge in [-0.3, -0.25) is 0 Å². The Labute approximate surface area is 111 Å². The minimum Gasteiger partial charge on any atom is -0.462 e. The van der Waals surface area contributed by atoms with Crippen LogP contribution >= 0.6 is 0 Å². The van der Waals surface area contributed by atoms with Gasteiger partial charge in [0, 0.05) is 6.08 Å². The predicted octanol–water partition coefficient (Wildman–Crippen LogP) is 4.58. The standard InChI is InChI=1S/C16H26O2/c1-3-5-7-9-10-11-12-14-16(17)18-15-13-8-6-4-2/h6,8,10-12,14H,3-5,7,9,13,15H2,1-2H3/b8-6+,11-10-,14-12-. The maximum absolute atomic E-state index is 11.2. The summed E-state index contributed by atoms with van der Waals surface area (Å²) >= 11 is 0. The van der Waals surface area contributed by atoms with E-state index in [1.54, 1.807) is 6.08 Å². The van der Waals surface area contributed by atoms with Crippen molar-refractivity contribution in [2.75, 3.05) is 6.61 Å². The molecule has 0 saturated carbocycles. The van der Waals surface area contributed by atoms with E-state index >= 15 is 0 Å². The first kappa shape index (κ1) is 16.7. The molecule has 0 bridgehead atoms. The lowest BCUT2D eigenvalue weighted by Crippen LogP contribution is -2.00. The molecule has 0 rings (SSSR count). The van der Waals surface area contributed by atoms with E-state index in [-0.39, 0.29) is 5.97 Å². The van der Waals surface area contributed by atoms with Crippen LogP contribution in [0.25, 0.3) is 0 Å². The first-order valence-electron chi connectivity index (χ1n) is 6.96. The second kappa shape index (κ2) is 13.8. The Bertz CT molecular complexity index is 275. The quantitative estimate of drug-likeness (QED) is 0.186. The van der Waals surface area contributed by atoms with Gasteiger partial charge in [0.2, 0.25) is 0 Å². The third-order valence-corrected chi connectivity index (χ3v) is 2.39. The van der Waals surface area contributed by atoms with Crippen LogP contribution in [0.1, 0.15) is 52.4 Å². The van der Waals surface area contributed by atoms with Crippen molar-refractivity contribution in [3.63, 3.8) is 0 Å². The Morgan fingerprint density at radius 1 is 1.00 bits per heavy atom. The molecule has 0 radical (unpaired) electrons. The first-order valence-corrected chi connectivity index (χ1v) is 6.96. The molecule has 18 heavy (non-hydrogen) atoms. The third-order valence-electron chi connectivity index (χ3n) is 2.39. The zero-order chi connectivity index (χ0) is 13.5. The van der Waals surface area contributed by atoms with Gasteiger partial charge in [-0.25, -0.2) is 4.79 Å². The summed E-state index contributed by atoms with van der Waals surface area (Å²) in [6.07, 6.45) is 17.9. The van der Waals surface area contributed by atoms with E-state index in [9.17, 15) is 4.79 Å². The maximum Gasteiger partial charge on any atom is 0.330 e. The zero-order valence-corrected chi connectivity index (χ0v) is 11.7. The average molecular weight is 250 g/mol. The Hall–Kier alpha value is -1.31. The molecular formula is C16H26O2. The van der Waals surface area contributed by atoms with E-state index in [1.165, 1.54) is 25.3 Å². The molecule has 0 fully saturated rings. The van der Waals surface area contributed by atoms with Crippen molar-refractivity contribution in [1.82, 2.24) is 0 Å². The first-order chi connectivity index (χ1) is 8.81. The van der Waals surface area contributed by atoms with Gasteiger partial charge in [0.05, 0.1) is 6.61 Å². The lowest BCUT2D eigenvalue weighted by Gasteiger charge is -1.97. The van der Waals surface area contributed by atoms with Crippen LogP contribution in [0.5, 0.6) is 0 Å². The Balaban J connectivity index is 3.52. The van der Waals surface area contributed by atoms with Crippen LogP contribution < -0.4 is 0 Å². The second-order valence-corrected chi connectivity index (χ2v) is 4.12. The van der Waals surface area contributed by atoms with Gasteiger partial charge >= 0.3 is 5.97 Å². The van der Waals surface area contributed by atoms with E-state index in [0.717, 1.165) is 19.3 Å². The lowest BCUT2D eigenvalue weighted by molar-refractivity contribution is -0.137. The molecule has 0 aromatic heterocycles. The highest BCUT2D eigenvalue weighted by atomic mass is 16.5. The summed E-state index contributed by atoms with van der Waals surface area (Å²) in [5, 5.41) is 0. The van der Waals surface area contributed by atoms with E-state index < -0.39 is 0 Å². The van der Waals surface area contributed by atoms with Crippen molar-refractivity contribution in [1.29, 1.82) is 0 Å². The molecule has 0 aromatic rings. The van der Waals surface area contributed by atoms with Crippen molar-refractivity contribution in [2.45, 2.75) is 52.4 Å². The van der Waals surface area contributed by atoms with Gasteiger partial charge in [-0.2, -0.15) is 0 Å². The number of ether oxygens (including phenoxy) is 1. The van der Waals surface area contributed by atoms with Gasteiger partial charge in [0.25, 0.3) is 0 Å². The van der Waals surface area contributed by atoms with E-state index in [1.807, 2.05) is 12.2 Å². The SMILES string of the molecule is CC/C=C/CCOC(=O)/C=C\C=C/CCCCC. The fraction of sp³-hybridized carbons (Fsp3) is 0.562. The molecule has 2 nitrogen and oxygen atoms in total. The van der Waals surface area contributed by atoms with Gasteiger partial charge in [-0.15, -0.1) is 0 Å². The summed E-state index contributed by atoms with van der Waals surface area (Å²) in [4.78, 5) is 11.2. The summed E-state index contributed by atoms with van der Waals surface area (Å²) in [7, 11) is 0. The van der Waals surface area contributed by atoms with Crippen LogP contribution in [0.4, 0.5) is 0 Å². The molecule has 0 aliphatic rings. The predicted molar refractivity (Wildman–Crippen MR) is 77.4 cm³/mol. The van der Waals surface area contributed by atoms with Crippen molar-refractivity contribution in [3.05, 3.63) is 36.5 Å². The molecule has 0 atom stereocenters. The van der Waals surface area contributed by atoms with Crippen molar-refractivity contribution >= 4 is 5.97 Å². The van der Waals surface area contributed by atoms with Crippen molar-refractivity contribution in [3.8, 4) is 0 Å². The number of esters is 1. The molecule has 0 spiro atoms. The summed E-state index contributed by atoms with van der Waals surface area (Å²) < 4.78 is 5.02. The summed E-state index contributed by atoms with van der Waals surface area (Å²) in [6.45, 7) is 4.73. The fourth-order valence-corrected chi connectivity index (χ4v) is 1.38. The molecule has 0 heterocycles. The van der Waals surface area contributed by atoms with Gasteiger partial charge < -0.3 is 4.74 Å². The Kier molecular flexibility index (Phi) is 12.8. The number of hydrogen-bond donors (Lipinski definition) is 0. The van der Waals surface area contributed by atoms with Gasteiger partial charge in [0.15, 0.2) is 0 Å². The van der Waals surface area contributed by atoms with Crippen LogP contribution in [-0.4, -0.2) is 12.6 Å². The van der Waals surface area contributed by atoms with E-state index in [4.69, 9.17) is 4.74 Å². The highest BCUT2D eigenvalue weighted by Gasteiger charge is 1.93. The number of hydrogen-bond acceptors (Lipinski definition) is 2. The lowest BCUT2D eigenvalue weighted by atomic mass is 10.2. The number of carbonyl (C=O) groups excluding carboxylic acids is 1. The molecule has 0 amide bonds. The summed E-state index contributed by atoms with van der Waals surface area (Å²) in [5.41, 5.74) is 0. The Morgan fingerprint density at radius 2 is 1.83 bits per heavy atom.